The number of benzene rings is 2. The minimum atomic E-state index is -0.753. The zero-order chi connectivity index (χ0) is 28.9. The predicted molar refractivity (Wildman–Crippen MR) is 159 cm³/mol. The van der Waals surface area contributed by atoms with Crippen LogP contribution in [0, 0.1) is 5.82 Å². The number of methoxy groups -OCH3 is 2. The Balaban J connectivity index is 1.51. The fourth-order valence-electron chi connectivity index (χ4n) is 4.52. The predicted octanol–water partition coefficient (Wildman–Crippen LogP) is 7.26. The maximum Gasteiger partial charge on any atom is 0.225 e. The van der Waals surface area contributed by atoms with Crippen LogP contribution >= 0.6 is 23.2 Å². The Morgan fingerprint density at radius 3 is 2.07 bits per heavy atom. The molecular formula is C30H27Cl2FN6O2. The first kappa shape index (κ1) is 28.3. The summed E-state index contributed by atoms with van der Waals surface area (Å²) in [5.41, 5.74) is 3.07. The van der Waals surface area contributed by atoms with Gasteiger partial charge < -0.3 is 19.7 Å². The summed E-state index contributed by atoms with van der Waals surface area (Å²) in [6.07, 6.45) is 3.19. The van der Waals surface area contributed by atoms with Crippen LogP contribution < -0.4 is 19.7 Å². The lowest BCUT2D eigenvalue weighted by Crippen LogP contribution is -2.26. The SMILES string of the molecule is COc1ccc(CN(Cc2ccc(OC)cc2)c2ncccc2C(C)Nc2nc(Cl)nc3c(F)c(Cl)ncc23)cc1. The normalized spacial score (nSPS) is 11.8. The fourth-order valence-corrected chi connectivity index (χ4v) is 4.83. The number of anilines is 2. The van der Waals surface area contributed by atoms with E-state index in [0.29, 0.717) is 24.3 Å². The highest BCUT2D eigenvalue weighted by atomic mass is 35.5. The Morgan fingerprint density at radius 1 is 0.878 bits per heavy atom. The topological polar surface area (TPSA) is 85.3 Å². The molecule has 0 radical (unpaired) electrons. The molecule has 3 heterocycles. The van der Waals surface area contributed by atoms with Gasteiger partial charge in [0.1, 0.15) is 28.7 Å². The molecule has 11 heteroatoms. The molecule has 0 amide bonds. The van der Waals surface area contributed by atoms with Crippen molar-refractivity contribution in [2.24, 2.45) is 0 Å². The average Bonchev–Trinajstić information content (AvgIpc) is 2.99. The highest BCUT2D eigenvalue weighted by molar-refractivity contribution is 6.30. The number of hydrogen-bond donors (Lipinski definition) is 1. The van der Waals surface area contributed by atoms with E-state index in [1.165, 1.54) is 6.20 Å². The molecule has 1 unspecified atom stereocenters. The van der Waals surface area contributed by atoms with E-state index in [1.54, 1.807) is 20.4 Å². The van der Waals surface area contributed by atoms with Crippen LogP contribution in [0.4, 0.5) is 16.0 Å². The third kappa shape index (κ3) is 6.42. The number of hydrogen-bond acceptors (Lipinski definition) is 8. The summed E-state index contributed by atoms with van der Waals surface area (Å²) in [6, 6.07) is 19.5. The van der Waals surface area contributed by atoms with Crippen molar-refractivity contribution in [2.75, 3.05) is 24.4 Å². The average molecular weight is 593 g/mol. The van der Waals surface area contributed by atoms with Gasteiger partial charge in [-0.25, -0.2) is 24.3 Å². The lowest BCUT2D eigenvalue weighted by atomic mass is 10.1. The number of nitrogens with one attached hydrogen (secondary N) is 1. The van der Waals surface area contributed by atoms with E-state index < -0.39 is 5.82 Å². The van der Waals surface area contributed by atoms with Crippen LogP contribution in [0.15, 0.2) is 73.1 Å². The molecule has 0 aliphatic heterocycles. The molecule has 0 aliphatic carbocycles. The second kappa shape index (κ2) is 12.5. The van der Waals surface area contributed by atoms with E-state index >= 15 is 0 Å². The molecule has 0 saturated carbocycles. The van der Waals surface area contributed by atoms with E-state index in [2.05, 4.69) is 25.2 Å². The van der Waals surface area contributed by atoms with Crippen molar-refractivity contribution in [1.29, 1.82) is 0 Å². The van der Waals surface area contributed by atoms with E-state index in [9.17, 15) is 4.39 Å². The lowest BCUT2D eigenvalue weighted by Gasteiger charge is -2.28. The van der Waals surface area contributed by atoms with Crippen molar-refractivity contribution < 1.29 is 13.9 Å². The number of nitrogens with zero attached hydrogens (tertiary/aromatic N) is 5. The number of fused-ring (bicyclic) bond motifs is 1. The fraction of sp³-hybridized carbons (Fsp3) is 0.200. The summed E-state index contributed by atoms with van der Waals surface area (Å²) in [6.45, 7) is 3.15. The molecule has 2 aromatic carbocycles. The minimum Gasteiger partial charge on any atom is -0.497 e. The van der Waals surface area contributed by atoms with Gasteiger partial charge in [0, 0.05) is 31.0 Å². The van der Waals surface area contributed by atoms with Crippen LogP contribution in [-0.2, 0) is 13.1 Å². The molecule has 210 valence electrons. The molecule has 0 aliphatic rings. The van der Waals surface area contributed by atoms with Gasteiger partial charge in [-0.15, -0.1) is 0 Å². The van der Waals surface area contributed by atoms with Gasteiger partial charge in [-0.1, -0.05) is 41.9 Å². The van der Waals surface area contributed by atoms with Crippen molar-refractivity contribution in [3.63, 3.8) is 0 Å². The molecule has 1 atom stereocenters. The van der Waals surface area contributed by atoms with Gasteiger partial charge in [-0.2, -0.15) is 0 Å². The van der Waals surface area contributed by atoms with Gasteiger partial charge >= 0.3 is 0 Å². The van der Waals surface area contributed by atoms with Gasteiger partial charge in [-0.05, 0) is 60.0 Å². The van der Waals surface area contributed by atoms with Crippen LogP contribution in [0.5, 0.6) is 11.5 Å². The quantitative estimate of drug-likeness (QED) is 0.134. The first-order valence-corrected chi connectivity index (χ1v) is 13.5. The Kier molecular flexibility index (Phi) is 8.66. The van der Waals surface area contributed by atoms with Gasteiger partial charge in [0.2, 0.25) is 5.28 Å². The maximum atomic E-state index is 14.7. The molecule has 0 spiro atoms. The Bertz CT molecular complexity index is 1610. The van der Waals surface area contributed by atoms with Crippen LogP contribution in [0.25, 0.3) is 10.9 Å². The highest BCUT2D eigenvalue weighted by Gasteiger charge is 2.21. The number of aromatic nitrogens is 4. The van der Waals surface area contributed by atoms with Gasteiger partial charge in [0.05, 0.1) is 25.6 Å². The third-order valence-electron chi connectivity index (χ3n) is 6.62. The van der Waals surface area contributed by atoms with Crippen molar-refractivity contribution in [1.82, 2.24) is 19.9 Å². The highest BCUT2D eigenvalue weighted by Crippen LogP contribution is 2.33. The van der Waals surface area contributed by atoms with E-state index in [0.717, 1.165) is 34.0 Å². The summed E-state index contributed by atoms with van der Waals surface area (Å²) in [5.74, 6) is 1.93. The summed E-state index contributed by atoms with van der Waals surface area (Å²) >= 11 is 12.0. The molecule has 41 heavy (non-hydrogen) atoms. The Labute approximate surface area is 247 Å². The lowest BCUT2D eigenvalue weighted by molar-refractivity contribution is 0.414. The number of rotatable bonds is 10. The minimum absolute atomic E-state index is 0.00764. The summed E-state index contributed by atoms with van der Waals surface area (Å²) in [5, 5.41) is 3.33. The monoisotopic (exact) mass is 592 g/mol. The first-order chi connectivity index (χ1) is 19.9. The van der Waals surface area contributed by atoms with Crippen LogP contribution in [0.1, 0.15) is 29.7 Å². The van der Waals surface area contributed by atoms with E-state index in [4.69, 9.17) is 37.7 Å². The maximum absolute atomic E-state index is 14.7. The smallest absolute Gasteiger partial charge is 0.225 e. The number of halogens is 3. The molecule has 0 fully saturated rings. The Hall–Kier alpha value is -4.21. The molecule has 0 saturated heterocycles. The molecule has 1 N–H and O–H groups in total. The van der Waals surface area contributed by atoms with Gasteiger partial charge in [0.25, 0.3) is 0 Å². The molecule has 8 nitrogen and oxygen atoms in total. The summed E-state index contributed by atoms with van der Waals surface area (Å²) in [7, 11) is 3.29. The summed E-state index contributed by atoms with van der Waals surface area (Å²) < 4.78 is 25.4. The number of pyridine rings is 2. The van der Waals surface area contributed by atoms with Gasteiger partial charge in [-0.3, -0.25) is 0 Å². The Morgan fingerprint density at radius 2 is 1.49 bits per heavy atom. The second-order valence-corrected chi connectivity index (χ2v) is 10.00. The molecule has 3 aromatic heterocycles. The van der Waals surface area contributed by atoms with E-state index in [1.807, 2.05) is 67.6 Å². The van der Waals surface area contributed by atoms with Crippen LogP contribution in [0.3, 0.4) is 0 Å². The molecule has 0 bridgehead atoms. The van der Waals surface area contributed by atoms with Crippen molar-refractivity contribution in [2.45, 2.75) is 26.1 Å². The molecular weight excluding hydrogens is 566 g/mol. The second-order valence-electron chi connectivity index (χ2n) is 9.30. The molecule has 5 aromatic rings. The van der Waals surface area contributed by atoms with Crippen LogP contribution in [0.2, 0.25) is 10.4 Å². The third-order valence-corrected chi connectivity index (χ3v) is 7.05. The first-order valence-electron chi connectivity index (χ1n) is 12.8. The summed E-state index contributed by atoms with van der Waals surface area (Å²) in [4.78, 5) is 19.3. The van der Waals surface area contributed by atoms with Crippen LogP contribution in [-0.4, -0.2) is 34.2 Å². The molecule has 5 rings (SSSR count). The number of ether oxygens (including phenoxy) is 2. The van der Waals surface area contributed by atoms with E-state index in [-0.39, 0.29) is 22.0 Å². The van der Waals surface area contributed by atoms with Crippen molar-refractivity contribution in [3.05, 3.63) is 106 Å². The largest absolute Gasteiger partial charge is 0.497 e. The van der Waals surface area contributed by atoms with Crippen molar-refractivity contribution in [3.8, 4) is 11.5 Å². The van der Waals surface area contributed by atoms with Crippen molar-refractivity contribution >= 4 is 45.7 Å². The zero-order valence-electron chi connectivity index (χ0n) is 22.6. The van der Waals surface area contributed by atoms with Gasteiger partial charge in [0.15, 0.2) is 11.0 Å². The standard InChI is InChI=1S/C30H27Cl2FN6O2/c1-18(36-28-24-15-35-27(31)25(33)26(24)37-30(32)38-28)23-5-4-14-34-29(23)39(16-19-6-10-21(40-2)11-7-19)17-20-8-12-22(41-3)13-9-20/h4-15,18H,16-17H2,1-3H3,(H,36,37,38). The zero-order valence-corrected chi connectivity index (χ0v) is 24.1.